The van der Waals surface area contributed by atoms with Crippen LogP contribution in [0.1, 0.15) is 155 Å². The van der Waals surface area contributed by atoms with Gasteiger partial charge >= 0.3 is 19.8 Å². The largest absolute Gasteiger partial charge is 0.472 e. The van der Waals surface area contributed by atoms with Crippen molar-refractivity contribution in [3.05, 3.63) is 60.8 Å². The summed E-state index contributed by atoms with van der Waals surface area (Å²) < 4.78 is 34.1. The minimum atomic E-state index is -4.46. The number of carbonyl (C=O) groups is 2. The van der Waals surface area contributed by atoms with Crippen molar-refractivity contribution in [1.82, 2.24) is 0 Å². The SMILES string of the molecule is CC/C=C\C/C=C\C/C=C\C/C=C\C[C@@H](O)[C@H](O)CCCC(=O)O[C@H](COC(=O)CCCCCCCCC/C=C\CCCCCC)COP(=O)(O)OCC[N+](C)(C)C. The van der Waals surface area contributed by atoms with Gasteiger partial charge in [-0.1, -0.05) is 126 Å². The standard InChI is InChI=1S/C46H82NO10P/c1-6-8-10-12-14-16-18-20-21-22-24-26-28-30-32-36-45(50)54-40-42(41-56-58(52,53)55-39-38-47(3,4)5)57-46(51)37-33-35-44(49)43(48)34-31-29-27-25-23-19-17-15-13-11-9-7-2/h9,11,15-18,23,25,29,31,42-44,48-49H,6-8,10,12-14,19-22,24,26-28,30,32-41H2,1-5H3/p+1/b11-9-,17-15-,18-16-,25-23-,31-29-/t42-,43-,44-/m1/s1. The highest BCUT2D eigenvalue weighted by Gasteiger charge is 2.27. The van der Waals surface area contributed by atoms with Gasteiger partial charge < -0.3 is 29.1 Å². The Balaban J connectivity index is 4.62. The zero-order chi connectivity index (χ0) is 43.2. The third-order valence-corrected chi connectivity index (χ3v) is 10.2. The number of ether oxygens (including phenoxy) is 2. The Kier molecular flexibility index (Phi) is 36.1. The lowest BCUT2D eigenvalue weighted by Gasteiger charge is -2.24. The maximum absolute atomic E-state index is 12.7. The minimum absolute atomic E-state index is 0.0240. The van der Waals surface area contributed by atoms with Crippen molar-refractivity contribution < 1.29 is 52.3 Å². The second-order valence-electron chi connectivity index (χ2n) is 16.0. The minimum Gasteiger partial charge on any atom is -0.462 e. The maximum atomic E-state index is 12.7. The number of esters is 2. The fourth-order valence-electron chi connectivity index (χ4n) is 5.62. The number of unbranched alkanes of at least 4 members (excludes halogenated alkanes) is 11. The van der Waals surface area contributed by atoms with E-state index in [0.29, 0.717) is 17.4 Å². The summed E-state index contributed by atoms with van der Waals surface area (Å²) in [5.74, 6) is -1.10. The van der Waals surface area contributed by atoms with Crippen molar-refractivity contribution >= 4 is 19.8 Å². The van der Waals surface area contributed by atoms with Gasteiger partial charge in [-0.05, 0) is 77.0 Å². The Hall–Kier alpha value is -2.37. The Morgan fingerprint density at radius 1 is 0.621 bits per heavy atom. The van der Waals surface area contributed by atoms with Crippen LogP contribution >= 0.6 is 7.82 Å². The number of aliphatic hydroxyl groups excluding tert-OH is 2. The summed E-state index contributed by atoms with van der Waals surface area (Å²) in [6.45, 7) is 3.93. The van der Waals surface area contributed by atoms with Gasteiger partial charge in [-0.25, -0.2) is 4.57 Å². The highest BCUT2D eigenvalue weighted by atomic mass is 31.2. The maximum Gasteiger partial charge on any atom is 0.472 e. The number of phosphoric ester groups is 1. The zero-order valence-corrected chi connectivity index (χ0v) is 37.9. The smallest absolute Gasteiger partial charge is 0.462 e. The van der Waals surface area contributed by atoms with Crippen LogP contribution in [0.15, 0.2) is 60.8 Å². The molecule has 0 aromatic rings. The van der Waals surface area contributed by atoms with Gasteiger partial charge in [0.1, 0.15) is 19.8 Å². The lowest BCUT2D eigenvalue weighted by Crippen LogP contribution is -2.37. The molecule has 0 aromatic heterocycles. The number of aliphatic hydroxyl groups is 2. The molecule has 0 saturated heterocycles. The highest BCUT2D eigenvalue weighted by Crippen LogP contribution is 2.43. The van der Waals surface area contributed by atoms with E-state index in [1.165, 1.54) is 51.4 Å². The molecule has 0 radical (unpaired) electrons. The average molecular weight is 841 g/mol. The number of allylic oxidation sites excluding steroid dienone is 9. The van der Waals surface area contributed by atoms with Gasteiger partial charge in [0, 0.05) is 12.8 Å². The molecule has 0 saturated carbocycles. The van der Waals surface area contributed by atoms with Gasteiger partial charge in [0.25, 0.3) is 0 Å². The Morgan fingerprint density at radius 3 is 1.74 bits per heavy atom. The summed E-state index contributed by atoms with van der Waals surface area (Å²) in [5, 5.41) is 20.8. The third-order valence-electron chi connectivity index (χ3n) is 9.23. The molecule has 11 nitrogen and oxygen atoms in total. The van der Waals surface area contributed by atoms with E-state index in [9.17, 15) is 29.3 Å². The monoisotopic (exact) mass is 841 g/mol. The molecular formula is C46H83NO10P+. The molecule has 0 aliphatic heterocycles. The molecule has 0 amide bonds. The van der Waals surface area contributed by atoms with Gasteiger partial charge in [0.05, 0.1) is 40.0 Å². The van der Waals surface area contributed by atoms with Crippen molar-refractivity contribution in [2.75, 3.05) is 47.5 Å². The molecule has 4 atom stereocenters. The van der Waals surface area contributed by atoms with Crippen LogP contribution in [0.5, 0.6) is 0 Å². The summed E-state index contributed by atoms with van der Waals surface area (Å²) in [5.41, 5.74) is 0. The molecule has 0 rings (SSSR count). The van der Waals surface area contributed by atoms with E-state index in [1.54, 1.807) is 0 Å². The molecule has 0 heterocycles. The summed E-state index contributed by atoms with van der Waals surface area (Å²) in [7, 11) is 1.29. The van der Waals surface area contributed by atoms with Crippen LogP contribution in [0, 0.1) is 0 Å². The number of quaternary nitrogens is 1. The van der Waals surface area contributed by atoms with E-state index in [2.05, 4.69) is 62.5 Å². The van der Waals surface area contributed by atoms with Gasteiger partial charge in [0.15, 0.2) is 6.10 Å². The van der Waals surface area contributed by atoms with E-state index in [1.807, 2.05) is 33.3 Å². The molecule has 58 heavy (non-hydrogen) atoms. The first kappa shape index (κ1) is 55.6. The topological polar surface area (TPSA) is 149 Å². The summed E-state index contributed by atoms with van der Waals surface area (Å²) in [6, 6.07) is 0. The number of phosphoric acid groups is 1. The van der Waals surface area contributed by atoms with Crippen LogP contribution < -0.4 is 0 Å². The van der Waals surface area contributed by atoms with E-state index in [-0.39, 0.29) is 45.3 Å². The molecule has 0 aliphatic carbocycles. The van der Waals surface area contributed by atoms with Crippen LogP contribution in [-0.4, -0.2) is 97.3 Å². The van der Waals surface area contributed by atoms with Crippen LogP contribution in [0.2, 0.25) is 0 Å². The van der Waals surface area contributed by atoms with E-state index in [4.69, 9.17) is 18.5 Å². The number of hydrogen-bond acceptors (Lipinski definition) is 9. The highest BCUT2D eigenvalue weighted by molar-refractivity contribution is 7.47. The molecule has 12 heteroatoms. The molecule has 0 bridgehead atoms. The van der Waals surface area contributed by atoms with Crippen LogP contribution in [-0.2, 0) is 32.7 Å². The number of carbonyl (C=O) groups excluding carboxylic acids is 2. The fourth-order valence-corrected chi connectivity index (χ4v) is 6.37. The molecule has 0 spiro atoms. The van der Waals surface area contributed by atoms with Crippen molar-refractivity contribution in [2.24, 2.45) is 0 Å². The normalized spacial score (nSPS) is 15.2. The van der Waals surface area contributed by atoms with Crippen molar-refractivity contribution in [3.63, 3.8) is 0 Å². The Labute approximate surface area is 352 Å². The first-order valence-corrected chi connectivity index (χ1v) is 23.7. The number of likely N-dealkylation sites (N-methyl/N-ethyl adjacent to an activating group) is 1. The molecule has 336 valence electrons. The number of nitrogens with zero attached hydrogens (tertiary/aromatic N) is 1. The van der Waals surface area contributed by atoms with Gasteiger partial charge in [0.2, 0.25) is 0 Å². The molecule has 0 aliphatic rings. The van der Waals surface area contributed by atoms with Gasteiger partial charge in [-0.15, -0.1) is 0 Å². The van der Waals surface area contributed by atoms with Crippen molar-refractivity contribution in [3.8, 4) is 0 Å². The molecule has 3 N–H and O–H groups in total. The first-order valence-electron chi connectivity index (χ1n) is 22.2. The third kappa shape index (κ3) is 39.1. The van der Waals surface area contributed by atoms with Gasteiger partial charge in [-0.2, -0.15) is 0 Å². The number of rotatable bonds is 39. The average Bonchev–Trinajstić information content (AvgIpc) is 3.17. The first-order chi connectivity index (χ1) is 27.8. The number of hydrogen-bond donors (Lipinski definition) is 3. The van der Waals surface area contributed by atoms with E-state index in [0.717, 1.165) is 51.4 Å². The second kappa shape index (κ2) is 37.6. The Morgan fingerprint density at radius 2 is 1.16 bits per heavy atom. The van der Waals surface area contributed by atoms with Crippen LogP contribution in [0.4, 0.5) is 0 Å². The summed E-state index contributed by atoms with van der Waals surface area (Å²) in [6.07, 6.45) is 37.2. The van der Waals surface area contributed by atoms with E-state index < -0.39 is 44.7 Å². The lowest BCUT2D eigenvalue weighted by molar-refractivity contribution is -0.870. The molecular weight excluding hydrogens is 757 g/mol. The van der Waals surface area contributed by atoms with E-state index >= 15 is 0 Å². The lowest BCUT2D eigenvalue weighted by atomic mass is 10.0. The zero-order valence-electron chi connectivity index (χ0n) is 37.0. The predicted octanol–water partition coefficient (Wildman–Crippen LogP) is 10.4. The van der Waals surface area contributed by atoms with Crippen molar-refractivity contribution in [1.29, 1.82) is 0 Å². The predicted molar refractivity (Wildman–Crippen MR) is 236 cm³/mol. The second-order valence-corrected chi connectivity index (χ2v) is 17.5. The molecule has 0 fully saturated rings. The Bertz CT molecular complexity index is 1210. The van der Waals surface area contributed by atoms with Crippen LogP contribution in [0.3, 0.4) is 0 Å². The fraction of sp³-hybridized carbons (Fsp3) is 0.739. The van der Waals surface area contributed by atoms with Crippen molar-refractivity contribution in [2.45, 2.75) is 173 Å². The molecule has 1 unspecified atom stereocenters. The summed E-state index contributed by atoms with van der Waals surface area (Å²) >= 11 is 0. The van der Waals surface area contributed by atoms with Gasteiger partial charge in [-0.3, -0.25) is 18.6 Å². The quantitative estimate of drug-likeness (QED) is 0.0180. The summed E-state index contributed by atoms with van der Waals surface area (Å²) in [4.78, 5) is 35.4. The van der Waals surface area contributed by atoms with Crippen LogP contribution in [0.25, 0.3) is 0 Å². The molecule has 0 aromatic carbocycles.